The highest BCUT2D eigenvalue weighted by atomic mass is 16.1. The molecule has 0 saturated heterocycles. The molecule has 0 aliphatic rings. The first-order chi connectivity index (χ1) is 9.34. The first-order valence-electron chi connectivity index (χ1n) is 6.84. The lowest BCUT2D eigenvalue weighted by atomic mass is 10.1. The van der Waals surface area contributed by atoms with Crippen molar-refractivity contribution in [1.29, 1.82) is 0 Å². The Balaban J connectivity index is 1.50. The van der Waals surface area contributed by atoms with E-state index < -0.39 is 0 Å². The molecule has 2 heterocycles. The number of aromatic amines is 1. The Bertz CT molecular complexity index is 460. The van der Waals surface area contributed by atoms with Crippen LogP contribution in [0.3, 0.4) is 0 Å². The zero-order valence-corrected chi connectivity index (χ0v) is 11.1. The smallest absolute Gasteiger partial charge is 0.220 e. The average Bonchev–Trinajstić information content (AvgIpc) is 3.07. The summed E-state index contributed by atoms with van der Waals surface area (Å²) in [5.74, 6) is 0.156. The number of nitrogens with one attached hydrogen (secondary N) is 2. The SMILES string of the molecule is O=C(CCCc1cc[nH]c1)NCCCn1cccc1. The number of carbonyl (C=O) groups is 1. The van der Waals surface area contributed by atoms with Gasteiger partial charge in [0, 0.05) is 44.3 Å². The predicted octanol–water partition coefficient (Wildman–Crippen LogP) is 2.35. The summed E-state index contributed by atoms with van der Waals surface area (Å²) in [5.41, 5.74) is 1.26. The molecular formula is C15H21N3O. The van der Waals surface area contributed by atoms with Gasteiger partial charge in [-0.1, -0.05) is 0 Å². The van der Waals surface area contributed by atoms with E-state index in [4.69, 9.17) is 0 Å². The molecule has 0 unspecified atom stereocenters. The number of rotatable bonds is 8. The van der Waals surface area contributed by atoms with Crippen molar-refractivity contribution in [1.82, 2.24) is 14.9 Å². The van der Waals surface area contributed by atoms with E-state index in [1.165, 1.54) is 5.56 Å². The van der Waals surface area contributed by atoms with Gasteiger partial charge in [-0.2, -0.15) is 0 Å². The van der Waals surface area contributed by atoms with Crippen LogP contribution < -0.4 is 5.32 Å². The van der Waals surface area contributed by atoms with Crippen molar-refractivity contribution in [3.63, 3.8) is 0 Å². The van der Waals surface area contributed by atoms with Crippen LogP contribution in [0.25, 0.3) is 0 Å². The molecule has 2 rings (SSSR count). The maximum atomic E-state index is 11.6. The molecule has 0 aliphatic carbocycles. The van der Waals surface area contributed by atoms with E-state index in [9.17, 15) is 4.79 Å². The molecule has 102 valence electrons. The Morgan fingerprint density at radius 2 is 2.11 bits per heavy atom. The maximum absolute atomic E-state index is 11.6. The highest BCUT2D eigenvalue weighted by Gasteiger charge is 2.01. The van der Waals surface area contributed by atoms with Gasteiger partial charge in [0.1, 0.15) is 0 Å². The lowest BCUT2D eigenvalue weighted by Gasteiger charge is -2.05. The minimum atomic E-state index is 0.156. The number of nitrogens with zero attached hydrogens (tertiary/aromatic N) is 1. The molecule has 4 nitrogen and oxygen atoms in total. The second-order valence-corrected chi connectivity index (χ2v) is 4.70. The van der Waals surface area contributed by atoms with Gasteiger partial charge in [-0.15, -0.1) is 0 Å². The largest absolute Gasteiger partial charge is 0.367 e. The van der Waals surface area contributed by atoms with Gasteiger partial charge in [-0.05, 0) is 43.0 Å². The van der Waals surface area contributed by atoms with Gasteiger partial charge in [0.05, 0.1) is 0 Å². The van der Waals surface area contributed by atoms with Crippen LogP contribution in [0.15, 0.2) is 43.0 Å². The number of amides is 1. The molecule has 0 radical (unpaired) electrons. The lowest BCUT2D eigenvalue weighted by molar-refractivity contribution is -0.121. The Morgan fingerprint density at radius 1 is 1.26 bits per heavy atom. The van der Waals surface area contributed by atoms with Gasteiger partial charge in [0.25, 0.3) is 0 Å². The average molecular weight is 259 g/mol. The van der Waals surface area contributed by atoms with Gasteiger partial charge in [-0.3, -0.25) is 4.79 Å². The van der Waals surface area contributed by atoms with Gasteiger partial charge >= 0.3 is 0 Å². The summed E-state index contributed by atoms with van der Waals surface area (Å²) in [7, 11) is 0. The van der Waals surface area contributed by atoms with Crippen molar-refractivity contribution in [2.45, 2.75) is 32.2 Å². The normalized spacial score (nSPS) is 10.5. The summed E-state index contributed by atoms with van der Waals surface area (Å²) in [4.78, 5) is 14.6. The van der Waals surface area contributed by atoms with E-state index in [-0.39, 0.29) is 5.91 Å². The van der Waals surface area contributed by atoms with Crippen molar-refractivity contribution in [2.75, 3.05) is 6.54 Å². The van der Waals surface area contributed by atoms with E-state index in [0.717, 1.165) is 32.4 Å². The van der Waals surface area contributed by atoms with E-state index in [0.29, 0.717) is 6.42 Å². The zero-order valence-electron chi connectivity index (χ0n) is 11.1. The van der Waals surface area contributed by atoms with Crippen molar-refractivity contribution < 1.29 is 4.79 Å². The second kappa shape index (κ2) is 7.46. The highest BCUT2D eigenvalue weighted by Crippen LogP contribution is 2.03. The molecule has 0 aromatic carbocycles. The van der Waals surface area contributed by atoms with Gasteiger partial charge in [-0.25, -0.2) is 0 Å². The third kappa shape index (κ3) is 5.04. The number of hydrogen-bond acceptors (Lipinski definition) is 1. The van der Waals surface area contributed by atoms with Crippen molar-refractivity contribution in [3.05, 3.63) is 48.5 Å². The summed E-state index contributed by atoms with van der Waals surface area (Å²) in [6.45, 7) is 1.71. The molecule has 2 N–H and O–H groups in total. The fraction of sp³-hybridized carbons (Fsp3) is 0.400. The first kappa shape index (κ1) is 13.5. The summed E-state index contributed by atoms with van der Waals surface area (Å²) in [5, 5.41) is 2.97. The van der Waals surface area contributed by atoms with Crippen LogP contribution in [0.1, 0.15) is 24.8 Å². The molecule has 0 aliphatic heterocycles. The minimum absolute atomic E-state index is 0.156. The number of aromatic nitrogens is 2. The molecule has 0 atom stereocenters. The third-order valence-corrected chi connectivity index (χ3v) is 3.11. The molecule has 2 aromatic rings. The number of H-pyrrole nitrogens is 1. The standard InChI is InChI=1S/C15H21N3O/c19-15(6-3-5-14-7-9-16-13-14)17-8-4-12-18-10-1-2-11-18/h1-2,7,9-11,13,16H,3-6,8,12H2,(H,17,19). The van der Waals surface area contributed by atoms with Crippen LogP contribution in [0.2, 0.25) is 0 Å². The van der Waals surface area contributed by atoms with Crippen LogP contribution in [0, 0.1) is 0 Å². The monoisotopic (exact) mass is 259 g/mol. The molecule has 19 heavy (non-hydrogen) atoms. The molecular weight excluding hydrogens is 238 g/mol. The fourth-order valence-electron chi connectivity index (χ4n) is 2.06. The fourth-order valence-corrected chi connectivity index (χ4v) is 2.06. The molecule has 0 fully saturated rings. The summed E-state index contributed by atoms with van der Waals surface area (Å²) in [6.07, 6.45) is 11.4. The lowest BCUT2D eigenvalue weighted by Crippen LogP contribution is -2.24. The van der Waals surface area contributed by atoms with Crippen molar-refractivity contribution >= 4 is 5.91 Å². The summed E-state index contributed by atoms with van der Waals surface area (Å²) in [6, 6.07) is 6.08. The Kier molecular flexibility index (Phi) is 5.29. The maximum Gasteiger partial charge on any atom is 0.220 e. The van der Waals surface area contributed by atoms with Gasteiger partial charge in [0.2, 0.25) is 5.91 Å². The number of hydrogen-bond donors (Lipinski definition) is 2. The predicted molar refractivity (Wildman–Crippen MR) is 75.8 cm³/mol. The summed E-state index contributed by atoms with van der Waals surface area (Å²) < 4.78 is 2.12. The van der Waals surface area contributed by atoms with Crippen LogP contribution in [0.5, 0.6) is 0 Å². The Morgan fingerprint density at radius 3 is 2.84 bits per heavy atom. The van der Waals surface area contributed by atoms with E-state index in [1.54, 1.807) is 0 Å². The topological polar surface area (TPSA) is 49.8 Å². The minimum Gasteiger partial charge on any atom is -0.367 e. The molecule has 0 bridgehead atoms. The quantitative estimate of drug-likeness (QED) is 0.702. The van der Waals surface area contributed by atoms with E-state index in [1.807, 2.05) is 36.9 Å². The van der Waals surface area contributed by atoms with Crippen LogP contribution in [-0.2, 0) is 17.8 Å². The van der Waals surface area contributed by atoms with Crippen LogP contribution in [0.4, 0.5) is 0 Å². The van der Waals surface area contributed by atoms with E-state index >= 15 is 0 Å². The van der Waals surface area contributed by atoms with Gasteiger partial charge < -0.3 is 14.9 Å². The number of carbonyl (C=O) groups excluding carboxylic acids is 1. The molecule has 2 aromatic heterocycles. The second-order valence-electron chi connectivity index (χ2n) is 4.70. The molecule has 4 heteroatoms. The highest BCUT2D eigenvalue weighted by molar-refractivity contribution is 5.75. The molecule has 0 spiro atoms. The first-order valence-corrected chi connectivity index (χ1v) is 6.84. The Labute approximate surface area is 113 Å². The van der Waals surface area contributed by atoms with Crippen LogP contribution >= 0.6 is 0 Å². The number of aryl methyl sites for hydroxylation is 2. The summed E-state index contributed by atoms with van der Waals surface area (Å²) >= 11 is 0. The Hall–Kier alpha value is -1.97. The zero-order chi connectivity index (χ0) is 13.3. The van der Waals surface area contributed by atoms with Crippen molar-refractivity contribution in [3.8, 4) is 0 Å². The third-order valence-electron chi connectivity index (χ3n) is 3.11. The van der Waals surface area contributed by atoms with Crippen molar-refractivity contribution in [2.24, 2.45) is 0 Å². The molecule has 1 amide bonds. The van der Waals surface area contributed by atoms with Gasteiger partial charge in [0.15, 0.2) is 0 Å². The molecule has 0 saturated carbocycles. The van der Waals surface area contributed by atoms with E-state index in [2.05, 4.69) is 20.9 Å². The van der Waals surface area contributed by atoms with Crippen LogP contribution in [-0.4, -0.2) is 22.0 Å².